The van der Waals surface area contributed by atoms with Gasteiger partial charge in [-0.3, -0.25) is 0 Å². The van der Waals surface area contributed by atoms with Gasteiger partial charge in [0, 0.05) is 26.2 Å². The molecule has 8 heteroatoms. The van der Waals surface area contributed by atoms with Crippen molar-refractivity contribution in [1.29, 1.82) is 0 Å². The summed E-state index contributed by atoms with van der Waals surface area (Å²) in [5, 5.41) is 10.2. The average molecular weight is 404 g/mol. The smallest absolute Gasteiger partial charge is 0.348 e. The zero-order valence-electron chi connectivity index (χ0n) is 16.6. The predicted octanol–water partition coefficient (Wildman–Crippen LogP) is 3.11. The first-order valence-corrected chi connectivity index (χ1v) is 9.51. The number of rotatable bonds is 3. The lowest BCUT2D eigenvalue weighted by molar-refractivity contribution is -0.269. The summed E-state index contributed by atoms with van der Waals surface area (Å²) in [6.07, 6.45) is 10.2. The van der Waals surface area contributed by atoms with Gasteiger partial charge in [-0.05, 0) is 25.0 Å². The van der Waals surface area contributed by atoms with Gasteiger partial charge in [-0.15, -0.1) is 0 Å². The Labute approximate surface area is 168 Å². The Balaban J connectivity index is 1.68. The molecule has 0 aromatic heterocycles. The summed E-state index contributed by atoms with van der Waals surface area (Å²) in [6, 6.07) is 0. The van der Waals surface area contributed by atoms with Gasteiger partial charge >= 0.3 is 17.9 Å². The minimum atomic E-state index is -1.30. The van der Waals surface area contributed by atoms with Crippen molar-refractivity contribution in [3.8, 4) is 0 Å². The van der Waals surface area contributed by atoms with Crippen molar-refractivity contribution in [3.63, 3.8) is 0 Å². The minimum Gasteiger partial charge on any atom is -0.480 e. The maximum Gasteiger partial charge on any atom is 0.348 e. The molecule has 3 aliphatic rings. The molecule has 0 bridgehead atoms. The Kier molecular flexibility index (Phi) is 5.55. The average Bonchev–Trinajstić information content (AvgIpc) is 2.60. The lowest BCUT2D eigenvalue weighted by Crippen LogP contribution is -2.49. The van der Waals surface area contributed by atoms with E-state index in [1.54, 1.807) is 0 Å². The van der Waals surface area contributed by atoms with Gasteiger partial charge in [-0.2, -0.15) is 0 Å². The maximum absolute atomic E-state index is 12.4. The molecule has 0 amide bonds. The van der Waals surface area contributed by atoms with E-state index in [4.69, 9.17) is 18.9 Å². The molecular weight excluding hydrogens is 380 g/mol. The van der Waals surface area contributed by atoms with E-state index >= 15 is 0 Å². The van der Waals surface area contributed by atoms with Crippen molar-refractivity contribution in [2.75, 3.05) is 0 Å². The Morgan fingerprint density at radius 3 is 2.24 bits per heavy atom. The van der Waals surface area contributed by atoms with Gasteiger partial charge in [0.2, 0.25) is 0 Å². The number of aliphatic hydroxyl groups is 1. The van der Waals surface area contributed by atoms with E-state index in [2.05, 4.69) is 0 Å². The highest BCUT2D eigenvalue weighted by Crippen LogP contribution is 2.42. The van der Waals surface area contributed by atoms with Crippen LogP contribution in [-0.4, -0.2) is 34.6 Å². The number of carbonyl (C=O) groups excluding carboxylic acids is 3. The van der Waals surface area contributed by atoms with E-state index in [1.807, 2.05) is 6.92 Å². The molecule has 2 atom stereocenters. The Morgan fingerprint density at radius 2 is 1.62 bits per heavy atom. The number of allylic oxidation sites excluding steroid dienone is 4. The van der Waals surface area contributed by atoms with Crippen molar-refractivity contribution in [2.45, 2.75) is 58.0 Å². The van der Waals surface area contributed by atoms with Gasteiger partial charge < -0.3 is 24.1 Å². The van der Waals surface area contributed by atoms with Crippen LogP contribution in [-0.2, 0) is 33.3 Å². The standard InChI is InChI=1S/C21H24O8/c1-13-9-7-8-12-21(13)28-18(24)15(19(25)29-21)11-6-4-5-10-14-16(22)26-20(2,3)27-17(14)23/h4-6,10-11,13,24H,7-9,12H2,1-3H3. The van der Waals surface area contributed by atoms with Crippen LogP contribution in [0.2, 0.25) is 0 Å². The molecule has 156 valence electrons. The third-order valence-corrected chi connectivity index (χ3v) is 5.01. The molecule has 8 nitrogen and oxygen atoms in total. The fraction of sp³-hybridized carbons (Fsp3) is 0.476. The maximum atomic E-state index is 12.4. The van der Waals surface area contributed by atoms with Crippen LogP contribution in [0.15, 0.2) is 47.5 Å². The van der Waals surface area contributed by atoms with Crippen molar-refractivity contribution in [3.05, 3.63) is 47.5 Å². The Bertz CT molecular complexity index is 823. The molecule has 2 unspecified atom stereocenters. The van der Waals surface area contributed by atoms with E-state index in [1.165, 1.54) is 44.2 Å². The molecule has 2 fully saturated rings. The molecule has 2 heterocycles. The summed E-state index contributed by atoms with van der Waals surface area (Å²) >= 11 is 0. The van der Waals surface area contributed by atoms with E-state index < -0.39 is 35.4 Å². The second kappa shape index (κ2) is 7.77. The topological polar surface area (TPSA) is 108 Å². The van der Waals surface area contributed by atoms with Crippen LogP contribution >= 0.6 is 0 Å². The predicted molar refractivity (Wildman–Crippen MR) is 99.8 cm³/mol. The molecule has 2 aliphatic heterocycles. The normalized spacial score (nSPS) is 29.7. The summed E-state index contributed by atoms with van der Waals surface area (Å²) < 4.78 is 21.1. The summed E-state index contributed by atoms with van der Waals surface area (Å²) in [4.78, 5) is 36.0. The van der Waals surface area contributed by atoms with Crippen molar-refractivity contribution in [1.82, 2.24) is 0 Å². The SMILES string of the molecule is CC1CCCCC12OC(=O)C(C=CC=CC=C1C(=O)OC(C)(C)OC1=O)=C(O)O2. The molecule has 29 heavy (non-hydrogen) atoms. The number of carbonyl (C=O) groups is 3. The fourth-order valence-corrected chi connectivity index (χ4v) is 3.43. The zero-order chi connectivity index (χ0) is 21.2. The highest BCUT2D eigenvalue weighted by molar-refractivity contribution is 6.15. The summed E-state index contributed by atoms with van der Waals surface area (Å²) in [5.41, 5.74) is -0.353. The van der Waals surface area contributed by atoms with Crippen LogP contribution in [0.4, 0.5) is 0 Å². The van der Waals surface area contributed by atoms with Gasteiger partial charge in [0.15, 0.2) is 0 Å². The second-order valence-electron chi connectivity index (χ2n) is 7.67. The fourth-order valence-electron chi connectivity index (χ4n) is 3.43. The number of ether oxygens (including phenoxy) is 4. The summed E-state index contributed by atoms with van der Waals surface area (Å²) in [6.45, 7) is 4.85. The van der Waals surface area contributed by atoms with Crippen LogP contribution in [0.3, 0.4) is 0 Å². The Morgan fingerprint density at radius 1 is 0.931 bits per heavy atom. The minimum absolute atomic E-state index is 0.0145. The zero-order valence-corrected chi connectivity index (χ0v) is 16.6. The number of aliphatic hydroxyl groups excluding tert-OH is 1. The first-order valence-electron chi connectivity index (χ1n) is 9.51. The largest absolute Gasteiger partial charge is 0.480 e. The highest BCUT2D eigenvalue weighted by Gasteiger charge is 2.48. The molecule has 1 saturated heterocycles. The van der Waals surface area contributed by atoms with Crippen molar-refractivity contribution in [2.24, 2.45) is 5.92 Å². The van der Waals surface area contributed by atoms with Crippen molar-refractivity contribution >= 4 is 17.9 Å². The molecule has 1 saturated carbocycles. The third kappa shape index (κ3) is 4.36. The molecule has 1 aliphatic carbocycles. The number of esters is 3. The molecule has 0 aromatic carbocycles. The highest BCUT2D eigenvalue weighted by atomic mass is 16.8. The molecule has 3 rings (SSSR count). The van der Waals surface area contributed by atoms with Gasteiger partial charge in [0.1, 0.15) is 11.1 Å². The molecule has 0 aromatic rings. The van der Waals surface area contributed by atoms with Crippen molar-refractivity contribution < 1.29 is 38.4 Å². The van der Waals surface area contributed by atoms with E-state index in [-0.39, 0.29) is 17.1 Å². The summed E-state index contributed by atoms with van der Waals surface area (Å²) in [7, 11) is 0. The van der Waals surface area contributed by atoms with Crippen LogP contribution < -0.4 is 0 Å². The van der Waals surface area contributed by atoms with Crippen LogP contribution in [0.25, 0.3) is 0 Å². The van der Waals surface area contributed by atoms with Gasteiger partial charge in [0.05, 0.1) is 0 Å². The lowest BCUT2D eigenvalue weighted by atomic mass is 9.84. The van der Waals surface area contributed by atoms with Crippen LogP contribution in [0.5, 0.6) is 0 Å². The second-order valence-corrected chi connectivity index (χ2v) is 7.67. The first kappa shape index (κ1) is 20.7. The number of hydrogen-bond acceptors (Lipinski definition) is 8. The molecule has 0 radical (unpaired) electrons. The summed E-state index contributed by atoms with van der Waals surface area (Å²) in [5.74, 6) is -5.11. The lowest BCUT2D eigenvalue weighted by Gasteiger charge is -2.43. The number of hydrogen-bond donors (Lipinski definition) is 1. The quantitative estimate of drug-likeness (QED) is 0.331. The van der Waals surface area contributed by atoms with Gasteiger partial charge in [-0.25, -0.2) is 14.4 Å². The van der Waals surface area contributed by atoms with Gasteiger partial charge in [-0.1, -0.05) is 31.6 Å². The molecule has 1 N–H and O–H groups in total. The van der Waals surface area contributed by atoms with Gasteiger partial charge in [0.25, 0.3) is 17.5 Å². The molecular formula is C21H24O8. The van der Waals surface area contributed by atoms with Crippen LogP contribution in [0.1, 0.15) is 46.5 Å². The third-order valence-electron chi connectivity index (χ3n) is 5.01. The Hall–Kier alpha value is -3.03. The monoisotopic (exact) mass is 404 g/mol. The number of cyclic esters (lactones) is 2. The van der Waals surface area contributed by atoms with E-state index in [0.717, 1.165) is 19.3 Å². The van der Waals surface area contributed by atoms with E-state index in [9.17, 15) is 19.5 Å². The van der Waals surface area contributed by atoms with E-state index in [0.29, 0.717) is 6.42 Å². The first-order chi connectivity index (χ1) is 13.6. The van der Waals surface area contributed by atoms with Crippen LogP contribution in [0, 0.1) is 5.92 Å². The molecule has 1 spiro atoms.